The van der Waals surface area contributed by atoms with E-state index in [1.807, 2.05) is 0 Å². The fourth-order valence-electron chi connectivity index (χ4n) is 6.25. The lowest BCUT2D eigenvalue weighted by Gasteiger charge is -2.65. The van der Waals surface area contributed by atoms with Gasteiger partial charge in [0, 0.05) is 6.61 Å². The molecule has 0 aromatic rings. The van der Waals surface area contributed by atoms with Gasteiger partial charge in [0.15, 0.2) is 0 Å². The standard InChI is InChI=1S/C18H32O2/c1-3-4-5-6-16(2,20)18-10-14-7-15(11-18)9-17(8-14,12-18)13-19/h14-15,19-20H,3-13H2,1-2H3. The van der Waals surface area contributed by atoms with Crippen LogP contribution < -0.4 is 0 Å². The quantitative estimate of drug-likeness (QED) is 0.725. The molecular weight excluding hydrogens is 248 g/mol. The first-order chi connectivity index (χ1) is 9.44. The summed E-state index contributed by atoms with van der Waals surface area (Å²) in [6.07, 6.45) is 11.8. The van der Waals surface area contributed by atoms with Crippen LogP contribution >= 0.6 is 0 Å². The number of aliphatic hydroxyl groups excluding tert-OH is 1. The lowest BCUT2D eigenvalue weighted by molar-refractivity contribution is -0.209. The van der Waals surface area contributed by atoms with Crippen LogP contribution in [0.5, 0.6) is 0 Å². The minimum atomic E-state index is -0.527. The first kappa shape index (κ1) is 14.8. The Morgan fingerprint density at radius 1 is 1.10 bits per heavy atom. The molecule has 0 heterocycles. The summed E-state index contributed by atoms with van der Waals surface area (Å²) in [7, 11) is 0. The summed E-state index contributed by atoms with van der Waals surface area (Å²) in [5.41, 5.74) is -0.271. The van der Waals surface area contributed by atoms with Crippen molar-refractivity contribution in [3.63, 3.8) is 0 Å². The van der Waals surface area contributed by atoms with Crippen molar-refractivity contribution in [2.45, 2.75) is 83.7 Å². The van der Waals surface area contributed by atoms with E-state index in [1.165, 1.54) is 44.9 Å². The summed E-state index contributed by atoms with van der Waals surface area (Å²) in [5, 5.41) is 21.2. The van der Waals surface area contributed by atoms with Crippen molar-refractivity contribution in [2.24, 2.45) is 22.7 Å². The van der Waals surface area contributed by atoms with Gasteiger partial charge < -0.3 is 10.2 Å². The van der Waals surface area contributed by atoms with E-state index in [9.17, 15) is 10.2 Å². The average molecular weight is 280 g/mol. The van der Waals surface area contributed by atoms with Crippen LogP contribution in [0, 0.1) is 22.7 Å². The molecule has 4 fully saturated rings. The van der Waals surface area contributed by atoms with E-state index in [4.69, 9.17) is 0 Å². The van der Waals surface area contributed by atoms with Gasteiger partial charge in [-0.05, 0) is 74.5 Å². The van der Waals surface area contributed by atoms with Crippen LogP contribution in [0.3, 0.4) is 0 Å². The highest BCUT2D eigenvalue weighted by molar-refractivity contribution is 5.12. The fourth-order valence-corrected chi connectivity index (χ4v) is 6.25. The van der Waals surface area contributed by atoms with Crippen molar-refractivity contribution in [1.29, 1.82) is 0 Å². The van der Waals surface area contributed by atoms with Gasteiger partial charge in [0.1, 0.15) is 0 Å². The normalized spacial score (nSPS) is 45.6. The highest BCUT2D eigenvalue weighted by atomic mass is 16.3. The Kier molecular flexibility index (Phi) is 3.70. The number of hydrogen-bond acceptors (Lipinski definition) is 2. The van der Waals surface area contributed by atoms with Crippen LogP contribution in [-0.2, 0) is 0 Å². The molecule has 116 valence electrons. The second-order valence-electron chi connectivity index (χ2n) is 8.63. The van der Waals surface area contributed by atoms with Crippen molar-refractivity contribution >= 4 is 0 Å². The second kappa shape index (κ2) is 4.98. The van der Waals surface area contributed by atoms with Crippen LogP contribution in [0.4, 0.5) is 0 Å². The van der Waals surface area contributed by atoms with E-state index in [0.29, 0.717) is 6.61 Å². The molecule has 0 amide bonds. The molecule has 2 N–H and O–H groups in total. The number of hydrogen-bond donors (Lipinski definition) is 2. The Labute approximate surface area is 124 Å². The molecule has 4 bridgehead atoms. The molecule has 4 saturated carbocycles. The maximum Gasteiger partial charge on any atom is 0.0676 e. The molecule has 0 aromatic carbocycles. The molecule has 2 nitrogen and oxygen atoms in total. The van der Waals surface area contributed by atoms with Gasteiger partial charge in [-0.3, -0.25) is 0 Å². The highest BCUT2D eigenvalue weighted by Gasteiger charge is 2.62. The van der Waals surface area contributed by atoms with Crippen LogP contribution in [0.1, 0.15) is 78.1 Å². The summed E-state index contributed by atoms with van der Waals surface area (Å²) >= 11 is 0. The largest absolute Gasteiger partial charge is 0.396 e. The first-order valence-corrected chi connectivity index (χ1v) is 8.77. The van der Waals surface area contributed by atoms with Crippen LogP contribution in [-0.4, -0.2) is 22.4 Å². The predicted molar refractivity (Wildman–Crippen MR) is 81.4 cm³/mol. The van der Waals surface area contributed by atoms with Gasteiger partial charge in [0.2, 0.25) is 0 Å². The SMILES string of the molecule is CCCCCC(C)(O)C12CC3CC(CC(CO)(C3)C1)C2. The molecule has 0 aromatic heterocycles. The molecule has 3 atom stereocenters. The lowest BCUT2D eigenvalue weighted by atomic mass is 9.41. The van der Waals surface area contributed by atoms with E-state index >= 15 is 0 Å². The highest BCUT2D eigenvalue weighted by Crippen LogP contribution is 2.68. The molecule has 4 rings (SSSR count). The third-order valence-corrected chi connectivity index (χ3v) is 6.93. The maximum absolute atomic E-state index is 11.2. The third-order valence-electron chi connectivity index (χ3n) is 6.93. The Morgan fingerprint density at radius 2 is 1.75 bits per heavy atom. The maximum atomic E-state index is 11.2. The van der Waals surface area contributed by atoms with E-state index in [0.717, 1.165) is 31.1 Å². The number of aliphatic hydroxyl groups is 2. The topological polar surface area (TPSA) is 40.5 Å². The molecular formula is C18H32O2. The van der Waals surface area contributed by atoms with Gasteiger partial charge in [0.25, 0.3) is 0 Å². The van der Waals surface area contributed by atoms with Crippen molar-refractivity contribution in [3.05, 3.63) is 0 Å². The van der Waals surface area contributed by atoms with Crippen LogP contribution in [0.25, 0.3) is 0 Å². The molecule has 4 aliphatic rings. The van der Waals surface area contributed by atoms with E-state index in [1.54, 1.807) is 0 Å². The zero-order chi connectivity index (χ0) is 14.4. The third kappa shape index (κ3) is 2.23. The summed E-state index contributed by atoms with van der Waals surface area (Å²) in [6.45, 7) is 4.66. The van der Waals surface area contributed by atoms with Gasteiger partial charge in [-0.25, -0.2) is 0 Å². The molecule has 0 saturated heterocycles. The van der Waals surface area contributed by atoms with Gasteiger partial charge in [-0.15, -0.1) is 0 Å². The van der Waals surface area contributed by atoms with E-state index in [2.05, 4.69) is 13.8 Å². The smallest absolute Gasteiger partial charge is 0.0676 e. The molecule has 2 heteroatoms. The molecule has 0 spiro atoms. The molecule has 4 aliphatic carbocycles. The predicted octanol–water partition coefficient (Wildman–Crippen LogP) is 3.90. The van der Waals surface area contributed by atoms with E-state index in [-0.39, 0.29) is 10.8 Å². The zero-order valence-corrected chi connectivity index (χ0v) is 13.3. The fraction of sp³-hybridized carbons (Fsp3) is 1.00. The van der Waals surface area contributed by atoms with Crippen LogP contribution in [0.15, 0.2) is 0 Å². The Balaban J connectivity index is 1.80. The van der Waals surface area contributed by atoms with Gasteiger partial charge in [0.05, 0.1) is 5.60 Å². The van der Waals surface area contributed by atoms with E-state index < -0.39 is 5.60 Å². The lowest BCUT2D eigenvalue weighted by Crippen LogP contribution is -2.61. The molecule has 20 heavy (non-hydrogen) atoms. The first-order valence-electron chi connectivity index (χ1n) is 8.77. The average Bonchev–Trinajstić information content (AvgIpc) is 2.37. The summed E-state index contributed by atoms with van der Waals surface area (Å²) < 4.78 is 0. The number of rotatable bonds is 6. The van der Waals surface area contributed by atoms with Crippen molar-refractivity contribution in [1.82, 2.24) is 0 Å². The second-order valence-corrected chi connectivity index (χ2v) is 8.63. The molecule has 0 aliphatic heterocycles. The van der Waals surface area contributed by atoms with Crippen LogP contribution in [0.2, 0.25) is 0 Å². The molecule has 3 unspecified atom stereocenters. The monoisotopic (exact) mass is 280 g/mol. The summed E-state index contributed by atoms with van der Waals surface area (Å²) in [5.74, 6) is 1.53. The van der Waals surface area contributed by atoms with Gasteiger partial charge in [-0.2, -0.15) is 0 Å². The van der Waals surface area contributed by atoms with Gasteiger partial charge >= 0.3 is 0 Å². The Morgan fingerprint density at radius 3 is 2.30 bits per heavy atom. The van der Waals surface area contributed by atoms with Crippen molar-refractivity contribution < 1.29 is 10.2 Å². The van der Waals surface area contributed by atoms with Crippen molar-refractivity contribution in [2.75, 3.05) is 6.61 Å². The minimum Gasteiger partial charge on any atom is -0.396 e. The zero-order valence-electron chi connectivity index (χ0n) is 13.3. The summed E-state index contributed by atoms with van der Waals surface area (Å²) in [6, 6.07) is 0. The summed E-state index contributed by atoms with van der Waals surface area (Å²) in [4.78, 5) is 0. The minimum absolute atomic E-state index is 0.105. The molecule has 0 radical (unpaired) electrons. The number of unbranched alkanes of at least 4 members (excludes halogenated alkanes) is 2. The van der Waals surface area contributed by atoms with Crippen molar-refractivity contribution in [3.8, 4) is 0 Å². The van der Waals surface area contributed by atoms with Gasteiger partial charge in [-0.1, -0.05) is 26.2 Å². The Bertz CT molecular complexity index is 346. The Hall–Kier alpha value is -0.0800.